The lowest BCUT2D eigenvalue weighted by Gasteiger charge is -2.11. The van der Waals surface area contributed by atoms with E-state index in [2.05, 4.69) is 29.7 Å². The molecule has 24 heavy (non-hydrogen) atoms. The molecule has 0 aliphatic carbocycles. The summed E-state index contributed by atoms with van der Waals surface area (Å²) >= 11 is 0. The molecule has 0 aliphatic rings. The molecule has 0 radical (unpaired) electrons. The lowest BCUT2D eigenvalue weighted by Crippen LogP contribution is -2.21. The fourth-order valence-electron chi connectivity index (χ4n) is 2.24. The lowest BCUT2D eigenvalue weighted by molar-refractivity contribution is -0.120. The van der Waals surface area contributed by atoms with E-state index in [-0.39, 0.29) is 24.9 Å². The van der Waals surface area contributed by atoms with Crippen LogP contribution in [-0.4, -0.2) is 25.7 Å². The van der Waals surface area contributed by atoms with Gasteiger partial charge in [0.25, 0.3) is 0 Å². The monoisotopic (exact) mass is 348 g/mol. The van der Waals surface area contributed by atoms with Crippen molar-refractivity contribution in [2.75, 3.05) is 25.1 Å². The van der Waals surface area contributed by atoms with Gasteiger partial charge in [0.2, 0.25) is 5.91 Å². The summed E-state index contributed by atoms with van der Waals surface area (Å²) in [7, 11) is 0. The molecule has 0 aromatic heterocycles. The van der Waals surface area contributed by atoms with Crippen LogP contribution in [0.15, 0.2) is 54.6 Å². The van der Waals surface area contributed by atoms with Crippen LogP contribution in [0, 0.1) is 0 Å². The summed E-state index contributed by atoms with van der Waals surface area (Å²) in [6, 6.07) is 17.9. The molecular formula is C19H25ClN2O2. The van der Waals surface area contributed by atoms with Crippen molar-refractivity contribution in [2.24, 2.45) is 0 Å². The number of rotatable bonds is 9. The van der Waals surface area contributed by atoms with Crippen molar-refractivity contribution >= 4 is 24.0 Å². The summed E-state index contributed by atoms with van der Waals surface area (Å²) in [5.41, 5.74) is 3.13. The van der Waals surface area contributed by atoms with Crippen LogP contribution in [0.1, 0.15) is 18.1 Å². The third kappa shape index (κ3) is 7.13. The van der Waals surface area contributed by atoms with E-state index in [1.54, 1.807) is 0 Å². The van der Waals surface area contributed by atoms with Gasteiger partial charge in [0, 0.05) is 12.2 Å². The van der Waals surface area contributed by atoms with Crippen LogP contribution in [-0.2, 0) is 22.5 Å². The first-order valence-corrected chi connectivity index (χ1v) is 7.99. The summed E-state index contributed by atoms with van der Waals surface area (Å²) < 4.78 is 5.46. The summed E-state index contributed by atoms with van der Waals surface area (Å²) in [4.78, 5) is 12.0. The first kappa shape index (κ1) is 20.2. The summed E-state index contributed by atoms with van der Waals surface area (Å²) in [5, 5.41) is 6.18. The molecule has 0 saturated heterocycles. The van der Waals surface area contributed by atoms with Gasteiger partial charge in [0.05, 0.1) is 6.61 Å². The van der Waals surface area contributed by atoms with E-state index < -0.39 is 0 Å². The highest BCUT2D eigenvalue weighted by atomic mass is 35.5. The predicted octanol–water partition coefficient (Wildman–Crippen LogP) is 3.42. The Balaban J connectivity index is 0.00000288. The molecule has 2 N–H and O–H groups in total. The van der Waals surface area contributed by atoms with Crippen LogP contribution in [0.5, 0.6) is 0 Å². The predicted molar refractivity (Wildman–Crippen MR) is 101 cm³/mol. The Bertz CT molecular complexity index is 605. The van der Waals surface area contributed by atoms with Crippen molar-refractivity contribution in [1.29, 1.82) is 0 Å². The normalized spacial score (nSPS) is 10.0. The second-order valence-corrected chi connectivity index (χ2v) is 5.27. The maximum Gasteiger partial charge on any atom is 0.250 e. The molecule has 130 valence electrons. The largest absolute Gasteiger partial charge is 0.371 e. The zero-order chi connectivity index (χ0) is 16.3. The van der Waals surface area contributed by atoms with Gasteiger partial charge >= 0.3 is 0 Å². The average molecular weight is 349 g/mol. The van der Waals surface area contributed by atoms with Crippen molar-refractivity contribution in [1.82, 2.24) is 5.32 Å². The number of anilines is 1. The molecule has 2 rings (SSSR count). The molecule has 0 fully saturated rings. The minimum atomic E-state index is -0.123. The van der Waals surface area contributed by atoms with Gasteiger partial charge < -0.3 is 15.4 Å². The molecule has 0 saturated carbocycles. The summed E-state index contributed by atoms with van der Waals surface area (Å²) in [6.07, 6.45) is 0.811. The molecule has 1 amide bonds. The number of halogens is 1. The number of amides is 1. The molecule has 0 unspecified atom stereocenters. The van der Waals surface area contributed by atoms with Crippen LogP contribution >= 0.6 is 12.4 Å². The number of para-hydroxylation sites is 1. The van der Waals surface area contributed by atoms with Gasteiger partial charge in [-0.25, -0.2) is 0 Å². The number of nitrogens with one attached hydrogen (secondary N) is 2. The first-order valence-electron chi connectivity index (χ1n) is 7.99. The van der Waals surface area contributed by atoms with E-state index in [1.165, 1.54) is 5.56 Å². The van der Waals surface area contributed by atoms with E-state index in [0.717, 1.165) is 30.8 Å². The number of carbonyl (C=O) groups excluding carboxylic acids is 1. The number of hydrogen-bond acceptors (Lipinski definition) is 3. The number of hydrogen-bond donors (Lipinski definition) is 2. The zero-order valence-electron chi connectivity index (χ0n) is 14.0. The van der Waals surface area contributed by atoms with Gasteiger partial charge in [-0.15, -0.1) is 12.4 Å². The Hall–Kier alpha value is -1.88. The molecule has 0 spiro atoms. The molecule has 2 aromatic carbocycles. The van der Waals surface area contributed by atoms with Crippen molar-refractivity contribution in [3.63, 3.8) is 0 Å². The minimum Gasteiger partial charge on any atom is -0.371 e. The second-order valence-electron chi connectivity index (χ2n) is 5.27. The Morgan fingerprint density at radius 3 is 2.50 bits per heavy atom. The average Bonchev–Trinajstić information content (AvgIpc) is 2.59. The van der Waals surface area contributed by atoms with Crippen LogP contribution in [0.2, 0.25) is 0 Å². The van der Waals surface area contributed by atoms with Crippen LogP contribution in [0.3, 0.4) is 0 Å². The van der Waals surface area contributed by atoms with E-state index in [0.29, 0.717) is 6.61 Å². The van der Waals surface area contributed by atoms with Crippen molar-refractivity contribution < 1.29 is 9.53 Å². The lowest BCUT2D eigenvalue weighted by atomic mass is 10.1. The van der Waals surface area contributed by atoms with Gasteiger partial charge in [-0.2, -0.15) is 0 Å². The second kappa shape index (κ2) is 11.6. The van der Waals surface area contributed by atoms with Gasteiger partial charge in [-0.1, -0.05) is 55.5 Å². The van der Waals surface area contributed by atoms with Crippen molar-refractivity contribution in [3.05, 3.63) is 65.7 Å². The molecule has 0 atom stereocenters. The molecule has 4 nitrogen and oxygen atoms in total. The molecule has 0 aliphatic heterocycles. The number of carbonyl (C=O) groups is 1. The summed E-state index contributed by atoms with van der Waals surface area (Å²) in [5.74, 6) is -0.123. The highest BCUT2D eigenvalue weighted by Gasteiger charge is 2.06. The molecule has 2 aromatic rings. The summed E-state index contributed by atoms with van der Waals surface area (Å²) in [6.45, 7) is 4.30. The number of ether oxygens (including phenoxy) is 1. The topological polar surface area (TPSA) is 50.4 Å². The van der Waals surface area contributed by atoms with Gasteiger partial charge in [0.15, 0.2) is 0 Å². The van der Waals surface area contributed by atoms with Gasteiger partial charge in [-0.05, 0) is 30.2 Å². The SMILES string of the molecule is CCNCc1ccccc1NC(=O)COCCc1ccccc1.Cl. The van der Waals surface area contributed by atoms with Gasteiger partial charge in [-0.3, -0.25) is 4.79 Å². The quantitative estimate of drug-likeness (QED) is 0.683. The van der Waals surface area contributed by atoms with Crippen LogP contribution < -0.4 is 10.6 Å². The number of benzene rings is 2. The Labute approximate surface area is 150 Å². The third-order valence-electron chi connectivity index (χ3n) is 3.47. The minimum absolute atomic E-state index is 0. The highest BCUT2D eigenvalue weighted by molar-refractivity contribution is 5.92. The zero-order valence-corrected chi connectivity index (χ0v) is 14.8. The fraction of sp³-hybridized carbons (Fsp3) is 0.316. The Morgan fingerprint density at radius 1 is 1.04 bits per heavy atom. The van der Waals surface area contributed by atoms with E-state index >= 15 is 0 Å². The van der Waals surface area contributed by atoms with Crippen molar-refractivity contribution in [3.8, 4) is 0 Å². The Morgan fingerprint density at radius 2 is 1.75 bits per heavy atom. The smallest absolute Gasteiger partial charge is 0.250 e. The van der Waals surface area contributed by atoms with Crippen LogP contribution in [0.25, 0.3) is 0 Å². The van der Waals surface area contributed by atoms with E-state index in [9.17, 15) is 4.79 Å². The molecule has 0 heterocycles. The van der Waals surface area contributed by atoms with Gasteiger partial charge in [0.1, 0.15) is 6.61 Å². The third-order valence-corrected chi connectivity index (χ3v) is 3.47. The molecular weight excluding hydrogens is 324 g/mol. The van der Waals surface area contributed by atoms with Crippen LogP contribution in [0.4, 0.5) is 5.69 Å². The molecule has 0 bridgehead atoms. The Kier molecular flexibility index (Phi) is 9.77. The maximum atomic E-state index is 12.0. The van der Waals surface area contributed by atoms with Crippen molar-refractivity contribution in [2.45, 2.75) is 19.9 Å². The fourth-order valence-corrected chi connectivity index (χ4v) is 2.24. The highest BCUT2D eigenvalue weighted by Crippen LogP contribution is 2.14. The van der Waals surface area contributed by atoms with E-state index in [1.807, 2.05) is 42.5 Å². The standard InChI is InChI=1S/C19H24N2O2.ClH/c1-2-20-14-17-10-6-7-11-18(17)21-19(22)15-23-13-12-16-8-4-3-5-9-16;/h3-11,20H,2,12-15H2,1H3,(H,21,22);1H. The first-order chi connectivity index (χ1) is 11.3. The maximum absolute atomic E-state index is 12.0. The molecule has 5 heteroatoms. The van der Waals surface area contributed by atoms with E-state index in [4.69, 9.17) is 4.74 Å².